The lowest BCUT2D eigenvalue weighted by atomic mass is 9.95. The van der Waals surface area contributed by atoms with Crippen LogP contribution in [-0.4, -0.2) is 30.4 Å². The van der Waals surface area contributed by atoms with E-state index in [1.807, 2.05) is 20.8 Å². The van der Waals surface area contributed by atoms with Gasteiger partial charge in [-0.3, -0.25) is 9.69 Å². The number of carbonyl (C=O) groups excluding carboxylic acids is 1. The van der Waals surface area contributed by atoms with Gasteiger partial charge in [-0.1, -0.05) is 33.8 Å². The third-order valence-electron chi connectivity index (χ3n) is 2.83. The van der Waals surface area contributed by atoms with Crippen LogP contribution < -0.4 is 5.32 Å². The summed E-state index contributed by atoms with van der Waals surface area (Å²) >= 11 is 0. The molecular weight excluding hydrogens is 200 g/mol. The third-order valence-corrected chi connectivity index (χ3v) is 2.83. The molecule has 16 heavy (non-hydrogen) atoms. The Balaban J connectivity index is 2.32. The zero-order valence-corrected chi connectivity index (χ0v) is 10.8. The number of rotatable bonds is 3. The Morgan fingerprint density at radius 1 is 1.25 bits per heavy atom. The predicted molar refractivity (Wildman–Crippen MR) is 67.0 cm³/mol. The number of piperidine rings is 1. The summed E-state index contributed by atoms with van der Waals surface area (Å²) in [6.07, 6.45) is 3.86. The van der Waals surface area contributed by atoms with Gasteiger partial charge in [-0.25, -0.2) is 0 Å². The van der Waals surface area contributed by atoms with Gasteiger partial charge in [0.25, 0.3) is 0 Å². The molecule has 0 aromatic heterocycles. The van der Waals surface area contributed by atoms with Crippen molar-refractivity contribution in [2.45, 2.75) is 40.0 Å². The first kappa shape index (κ1) is 13.2. The summed E-state index contributed by atoms with van der Waals surface area (Å²) in [5, 5.41) is 2.89. The summed E-state index contributed by atoms with van der Waals surface area (Å²) in [5.41, 5.74) is 0.479. The van der Waals surface area contributed by atoms with E-state index >= 15 is 0 Å². The van der Waals surface area contributed by atoms with Crippen molar-refractivity contribution in [2.75, 3.05) is 19.6 Å². The molecular formula is C13H24N2O. The van der Waals surface area contributed by atoms with Crippen LogP contribution in [0.1, 0.15) is 40.0 Å². The van der Waals surface area contributed by atoms with Crippen molar-refractivity contribution >= 4 is 5.91 Å². The zero-order chi connectivity index (χ0) is 12.2. The Hall–Kier alpha value is -0.830. The number of hydrogen-bond donors (Lipinski definition) is 1. The summed E-state index contributed by atoms with van der Waals surface area (Å²) in [4.78, 5) is 14.1. The fraction of sp³-hybridized carbons (Fsp3) is 0.769. The molecule has 3 nitrogen and oxygen atoms in total. The summed E-state index contributed by atoms with van der Waals surface area (Å²) in [7, 11) is 0. The van der Waals surface area contributed by atoms with Gasteiger partial charge in [0, 0.05) is 17.7 Å². The van der Waals surface area contributed by atoms with E-state index in [1.165, 1.54) is 19.3 Å². The lowest BCUT2D eigenvalue weighted by Gasteiger charge is -2.28. The minimum Gasteiger partial charge on any atom is -0.329 e. The maximum atomic E-state index is 11.7. The first-order valence-electron chi connectivity index (χ1n) is 6.11. The van der Waals surface area contributed by atoms with Crippen LogP contribution in [0, 0.1) is 5.41 Å². The second kappa shape index (κ2) is 5.48. The quantitative estimate of drug-likeness (QED) is 0.796. The Morgan fingerprint density at radius 2 is 1.81 bits per heavy atom. The summed E-state index contributed by atoms with van der Waals surface area (Å²) in [6.45, 7) is 12.7. The number of carbonyl (C=O) groups is 1. The van der Waals surface area contributed by atoms with Crippen molar-refractivity contribution in [1.29, 1.82) is 0 Å². The molecule has 0 aliphatic carbocycles. The predicted octanol–water partition coefficient (Wildman–Crippen LogP) is 2.15. The van der Waals surface area contributed by atoms with Crippen molar-refractivity contribution in [2.24, 2.45) is 5.41 Å². The number of hydrogen-bond acceptors (Lipinski definition) is 2. The molecule has 0 aromatic rings. The SMILES string of the molecule is C=C(CN1CCCCC1)NC(=O)C(C)(C)C. The normalized spacial score (nSPS) is 18.2. The average Bonchev–Trinajstić information content (AvgIpc) is 2.17. The highest BCUT2D eigenvalue weighted by molar-refractivity contribution is 5.82. The number of likely N-dealkylation sites (tertiary alicyclic amines) is 1. The molecule has 0 spiro atoms. The number of nitrogens with one attached hydrogen (secondary N) is 1. The van der Waals surface area contributed by atoms with Crippen LogP contribution >= 0.6 is 0 Å². The van der Waals surface area contributed by atoms with Crippen LogP contribution in [-0.2, 0) is 4.79 Å². The fourth-order valence-corrected chi connectivity index (χ4v) is 1.78. The molecule has 1 aliphatic rings. The second-order valence-electron chi connectivity index (χ2n) is 5.64. The maximum absolute atomic E-state index is 11.7. The van der Waals surface area contributed by atoms with E-state index in [0.29, 0.717) is 0 Å². The first-order valence-corrected chi connectivity index (χ1v) is 6.11. The summed E-state index contributed by atoms with van der Waals surface area (Å²) in [5.74, 6) is 0.0505. The van der Waals surface area contributed by atoms with Crippen LogP contribution in [0.15, 0.2) is 12.3 Å². The number of amides is 1. The monoisotopic (exact) mass is 224 g/mol. The van der Waals surface area contributed by atoms with E-state index in [9.17, 15) is 4.79 Å². The van der Waals surface area contributed by atoms with Crippen LogP contribution in [0.2, 0.25) is 0 Å². The van der Waals surface area contributed by atoms with Gasteiger partial charge in [0.15, 0.2) is 0 Å². The highest BCUT2D eigenvalue weighted by Gasteiger charge is 2.22. The van der Waals surface area contributed by atoms with Crippen LogP contribution in [0.4, 0.5) is 0 Å². The molecule has 0 saturated carbocycles. The third kappa shape index (κ3) is 4.35. The Bertz CT molecular complexity index is 260. The van der Waals surface area contributed by atoms with Gasteiger partial charge in [0.2, 0.25) is 5.91 Å². The molecule has 92 valence electrons. The van der Waals surface area contributed by atoms with E-state index in [-0.39, 0.29) is 11.3 Å². The highest BCUT2D eigenvalue weighted by Crippen LogP contribution is 2.14. The van der Waals surface area contributed by atoms with Gasteiger partial charge in [-0.15, -0.1) is 0 Å². The maximum Gasteiger partial charge on any atom is 0.229 e. The molecule has 1 N–H and O–H groups in total. The van der Waals surface area contributed by atoms with E-state index < -0.39 is 0 Å². The molecule has 0 radical (unpaired) electrons. The van der Waals surface area contributed by atoms with E-state index in [1.54, 1.807) is 0 Å². The second-order valence-corrected chi connectivity index (χ2v) is 5.64. The minimum atomic E-state index is -0.342. The van der Waals surface area contributed by atoms with E-state index in [4.69, 9.17) is 0 Å². The highest BCUT2D eigenvalue weighted by atomic mass is 16.2. The molecule has 0 bridgehead atoms. The van der Waals surface area contributed by atoms with Gasteiger partial charge in [0.1, 0.15) is 0 Å². The minimum absolute atomic E-state index is 0.0505. The largest absolute Gasteiger partial charge is 0.329 e. The van der Waals surface area contributed by atoms with Gasteiger partial charge >= 0.3 is 0 Å². The van der Waals surface area contributed by atoms with Gasteiger partial charge < -0.3 is 5.32 Å². The summed E-state index contributed by atoms with van der Waals surface area (Å²) in [6, 6.07) is 0. The Morgan fingerprint density at radius 3 is 2.31 bits per heavy atom. The van der Waals surface area contributed by atoms with E-state index in [0.717, 1.165) is 25.3 Å². The van der Waals surface area contributed by atoms with Crippen LogP contribution in [0.3, 0.4) is 0 Å². The molecule has 0 aromatic carbocycles. The van der Waals surface area contributed by atoms with Gasteiger partial charge in [0.05, 0.1) is 0 Å². The molecule has 3 heteroatoms. The van der Waals surface area contributed by atoms with Crippen LogP contribution in [0.5, 0.6) is 0 Å². The van der Waals surface area contributed by atoms with Gasteiger partial charge in [-0.2, -0.15) is 0 Å². The van der Waals surface area contributed by atoms with Crippen LogP contribution in [0.25, 0.3) is 0 Å². The molecule has 1 heterocycles. The van der Waals surface area contributed by atoms with E-state index in [2.05, 4.69) is 16.8 Å². The number of nitrogens with zero attached hydrogens (tertiary/aromatic N) is 1. The van der Waals surface area contributed by atoms with Crippen molar-refractivity contribution in [3.05, 3.63) is 12.3 Å². The van der Waals surface area contributed by atoms with Crippen molar-refractivity contribution < 1.29 is 4.79 Å². The fourth-order valence-electron chi connectivity index (χ4n) is 1.78. The zero-order valence-electron chi connectivity index (χ0n) is 10.8. The first-order chi connectivity index (χ1) is 7.39. The molecule has 1 aliphatic heterocycles. The molecule has 1 rings (SSSR count). The smallest absolute Gasteiger partial charge is 0.229 e. The topological polar surface area (TPSA) is 32.3 Å². The molecule has 0 atom stereocenters. The summed E-state index contributed by atoms with van der Waals surface area (Å²) < 4.78 is 0. The average molecular weight is 224 g/mol. The molecule has 1 saturated heterocycles. The van der Waals surface area contributed by atoms with Gasteiger partial charge in [-0.05, 0) is 25.9 Å². The lowest BCUT2D eigenvalue weighted by molar-refractivity contribution is -0.127. The standard InChI is InChI=1S/C13H24N2O/c1-11(14-12(16)13(2,3)4)10-15-8-6-5-7-9-15/h1,5-10H2,2-4H3,(H,14,16). The Labute approximate surface area is 98.9 Å². The Kier molecular flexibility index (Phi) is 4.54. The van der Waals surface area contributed by atoms with Crippen molar-refractivity contribution in [1.82, 2.24) is 10.2 Å². The lowest BCUT2D eigenvalue weighted by Crippen LogP contribution is -2.39. The molecule has 1 fully saturated rings. The van der Waals surface area contributed by atoms with Crippen molar-refractivity contribution in [3.63, 3.8) is 0 Å². The molecule has 0 unspecified atom stereocenters. The van der Waals surface area contributed by atoms with Crippen molar-refractivity contribution in [3.8, 4) is 0 Å². The molecule has 1 amide bonds.